The largest absolute Gasteiger partial charge is 0.472 e. The normalized spacial score (nSPS) is 15.5. The Hall–Kier alpha value is -3.15. The fraction of sp³-hybridized carbons (Fsp3) is 0.625. The van der Waals surface area contributed by atoms with Crippen LogP contribution in [0.5, 0.6) is 0 Å². The van der Waals surface area contributed by atoms with E-state index in [0.29, 0.717) is 43.1 Å². The maximum Gasteiger partial charge on any atom is 0.472 e. The highest BCUT2D eigenvalue weighted by atomic mass is 31.2. The van der Waals surface area contributed by atoms with Crippen molar-refractivity contribution in [1.29, 1.82) is 0 Å². The van der Waals surface area contributed by atoms with Crippen LogP contribution < -0.4 is 0 Å². The van der Waals surface area contributed by atoms with Gasteiger partial charge in [-0.15, -0.1) is 0 Å². The van der Waals surface area contributed by atoms with E-state index >= 15 is 0 Å². The molecule has 0 radical (unpaired) electrons. The molecule has 0 heterocycles. The summed E-state index contributed by atoms with van der Waals surface area (Å²) in [5.41, 5.74) is 0. The molecule has 0 fully saturated rings. The van der Waals surface area contributed by atoms with E-state index in [1.807, 2.05) is 57.6 Å². The molecule has 0 aromatic rings. The highest BCUT2D eigenvalue weighted by Gasteiger charge is 2.27. The Bertz CT molecular complexity index is 1380. The molecule has 0 rings (SSSR count). The zero-order valence-corrected chi connectivity index (χ0v) is 38.5. The van der Waals surface area contributed by atoms with E-state index in [1.54, 1.807) is 18.2 Å². The van der Waals surface area contributed by atoms with Gasteiger partial charge in [0.05, 0.1) is 40.0 Å². The maximum atomic E-state index is 12.7. The van der Waals surface area contributed by atoms with Crippen LogP contribution in [-0.2, 0) is 32.7 Å². The molecule has 3 N–H and O–H groups in total. The fourth-order valence-corrected chi connectivity index (χ4v) is 5.96. The number of hydrogen-bond donors (Lipinski definition) is 3. The van der Waals surface area contributed by atoms with E-state index in [9.17, 15) is 29.3 Å². The molecule has 0 aliphatic heterocycles. The lowest BCUT2D eigenvalue weighted by molar-refractivity contribution is -0.870. The third-order valence-electron chi connectivity index (χ3n) is 8.79. The third kappa shape index (κ3) is 41.6. The molecule has 0 saturated heterocycles. The molecule has 0 spiro atoms. The summed E-state index contributed by atoms with van der Waals surface area (Å²) in [6.45, 7) is 3.93. The Kier molecular flexibility index (Phi) is 36.7. The minimum Gasteiger partial charge on any atom is -0.462 e. The van der Waals surface area contributed by atoms with E-state index in [1.165, 1.54) is 19.3 Å². The third-order valence-corrected chi connectivity index (χ3v) is 9.78. The van der Waals surface area contributed by atoms with Gasteiger partial charge in [0.2, 0.25) is 0 Å². The number of ether oxygens (including phenoxy) is 2. The molecule has 0 amide bonds. The van der Waals surface area contributed by atoms with Crippen LogP contribution in [0.1, 0.15) is 129 Å². The number of unbranched alkanes of at least 4 members (excludes halogenated alkanes) is 6. The highest BCUT2D eigenvalue weighted by molar-refractivity contribution is 7.47. The number of allylic oxidation sites excluding steroid dienone is 14. The predicted octanol–water partition coefficient (Wildman–Crippen LogP) is 10.5. The number of esters is 2. The van der Waals surface area contributed by atoms with Crippen LogP contribution in [-0.4, -0.2) is 97.3 Å². The molecule has 0 bridgehead atoms. The SMILES string of the molecule is CCCCC/C=C\C/C=C\C/C=C\C/C=C\CCCC(=O)O[C@H](COC(=O)CCC[C@@H](O)/C=C/C=C\C/C=C\C=C\[C@@H](O)CCCCC)COP(=O)(O)OCC[N+](C)(C)C. The Labute approximate surface area is 363 Å². The Morgan fingerprint density at radius 1 is 0.600 bits per heavy atom. The number of nitrogens with zero attached hydrogens (tertiary/aromatic N) is 1. The zero-order valence-electron chi connectivity index (χ0n) is 37.6. The van der Waals surface area contributed by atoms with Gasteiger partial charge in [0, 0.05) is 12.8 Å². The van der Waals surface area contributed by atoms with Crippen molar-refractivity contribution in [3.63, 3.8) is 0 Å². The molecule has 0 aliphatic carbocycles. The summed E-state index contributed by atoms with van der Waals surface area (Å²) in [7, 11) is 1.30. The van der Waals surface area contributed by atoms with Gasteiger partial charge in [-0.25, -0.2) is 4.57 Å². The van der Waals surface area contributed by atoms with Crippen molar-refractivity contribution in [2.45, 2.75) is 148 Å². The lowest BCUT2D eigenvalue weighted by atomic mass is 10.1. The van der Waals surface area contributed by atoms with Gasteiger partial charge in [-0.3, -0.25) is 18.6 Å². The first-order valence-corrected chi connectivity index (χ1v) is 23.7. The van der Waals surface area contributed by atoms with Crippen molar-refractivity contribution < 1.29 is 52.3 Å². The average Bonchev–Trinajstić information content (AvgIpc) is 3.19. The van der Waals surface area contributed by atoms with Crippen LogP contribution in [0.15, 0.2) is 97.2 Å². The number of carbonyl (C=O) groups excluding carboxylic acids is 2. The van der Waals surface area contributed by atoms with Crippen LogP contribution in [0.25, 0.3) is 0 Å². The fourth-order valence-electron chi connectivity index (χ4n) is 5.22. The summed E-state index contributed by atoms with van der Waals surface area (Å²) >= 11 is 0. The molecular formula is C48H81NO10P+. The quantitative estimate of drug-likeness (QED) is 0.0137. The second-order valence-corrected chi connectivity index (χ2v) is 17.2. The summed E-state index contributed by atoms with van der Waals surface area (Å²) in [6.07, 6.45) is 43.9. The van der Waals surface area contributed by atoms with Gasteiger partial charge >= 0.3 is 19.8 Å². The van der Waals surface area contributed by atoms with Gasteiger partial charge in [-0.05, 0) is 70.6 Å². The molecule has 60 heavy (non-hydrogen) atoms. The second kappa shape index (κ2) is 38.7. The number of quaternary nitrogens is 1. The van der Waals surface area contributed by atoms with Gasteiger partial charge in [-0.2, -0.15) is 0 Å². The summed E-state index contributed by atoms with van der Waals surface area (Å²) in [4.78, 5) is 35.4. The number of hydrogen-bond acceptors (Lipinski definition) is 9. The number of rotatable bonds is 38. The Morgan fingerprint density at radius 3 is 1.67 bits per heavy atom. The van der Waals surface area contributed by atoms with Crippen molar-refractivity contribution >= 4 is 19.8 Å². The first kappa shape index (κ1) is 56.9. The Morgan fingerprint density at radius 2 is 1.10 bits per heavy atom. The minimum absolute atomic E-state index is 0.0213. The number of aliphatic hydroxyl groups is 2. The summed E-state index contributed by atoms with van der Waals surface area (Å²) in [5.74, 6) is -1.10. The monoisotopic (exact) mass is 863 g/mol. The van der Waals surface area contributed by atoms with Crippen molar-refractivity contribution in [2.24, 2.45) is 0 Å². The lowest BCUT2D eigenvalue weighted by Crippen LogP contribution is -2.37. The van der Waals surface area contributed by atoms with Gasteiger partial charge in [0.15, 0.2) is 6.10 Å². The number of phosphoric acid groups is 1. The highest BCUT2D eigenvalue weighted by Crippen LogP contribution is 2.43. The molecule has 4 atom stereocenters. The number of phosphoric ester groups is 1. The van der Waals surface area contributed by atoms with E-state index in [0.717, 1.165) is 51.4 Å². The van der Waals surface area contributed by atoms with E-state index < -0.39 is 44.7 Å². The van der Waals surface area contributed by atoms with Crippen molar-refractivity contribution in [3.8, 4) is 0 Å². The number of carbonyl (C=O) groups is 2. The van der Waals surface area contributed by atoms with E-state index in [4.69, 9.17) is 18.5 Å². The minimum atomic E-state index is -4.45. The zero-order chi connectivity index (χ0) is 44.6. The number of aliphatic hydroxyl groups excluding tert-OH is 2. The summed E-state index contributed by atoms with van der Waals surface area (Å²) in [5, 5.41) is 20.2. The van der Waals surface area contributed by atoms with Crippen LogP contribution in [0, 0.1) is 0 Å². The second-order valence-electron chi connectivity index (χ2n) is 15.8. The Balaban J connectivity index is 4.71. The van der Waals surface area contributed by atoms with Crippen molar-refractivity contribution in [2.75, 3.05) is 47.5 Å². The smallest absolute Gasteiger partial charge is 0.462 e. The summed E-state index contributed by atoms with van der Waals surface area (Å²) in [6, 6.07) is 0. The molecule has 342 valence electrons. The summed E-state index contributed by atoms with van der Waals surface area (Å²) < 4.78 is 34.0. The molecule has 0 aliphatic rings. The van der Waals surface area contributed by atoms with Crippen LogP contribution >= 0.6 is 7.82 Å². The van der Waals surface area contributed by atoms with Gasteiger partial charge < -0.3 is 29.1 Å². The molecule has 1 unspecified atom stereocenters. The molecule has 12 heteroatoms. The van der Waals surface area contributed by atoms with Crippen LogP contribution in [0.3, 0.4) is 0 Å². The first-order chi connectivity index (χ1) is 28.8. The molecule has 0 aromatic heterocycles. The molecular weight excluding hydrogens is 781 g/mol. The van der Waals surface area contributed by atoms with E-state index in [-0.39, 0.29) is 26.1 Å². The number of likely N-dealkylation sites (N-methyl/N-ethyl adjacent to an activating group) is 1. The van der Waals surface area contributed by atoms with E-state index in [2.05, 4.69) is 56.4 Å². The standard InChI is InChI=1S/C48H80NO10P/c1-6-8-10-11-12-13-14-15-16-17-18-19-20-21-25-28-32-38-48(53)59-46(43-58-60(54,55)57-41-40-49(3,4)5)42-56-47(52)39-33-37-45(51)36-31-27-24-22-23-26-30-35-44(50)34-29-9-7-2/h12-13,15-16,18-19,21,23-27,30-31,35-36,44-46,50-51H,6-11,14,17,20,22,28-29,32-34,37-43H2,1-5H3/p+1/b13-12-,16-15-,19-18-,25-21-,26-23-,27-24-,35-30+,36-31+/t44-,45-,46+/m0/s1. The first-order valence-electron chi connectivity index (χ1n) is 22.2. The van der Waals surface area contributed by atoms with Gasteiger partial charge in [0.1, 0.15) is 19.8 Å². The average molecular weight is 863 g/mol. The van der Waals surface area contributed by atoms with Crippen molar-refractivity contribution in [1.82, 2.24) is 0 Å². The lowest BCUT2D eigenvalue weighted by Gasteiger charge is -2.24. The van der Waals surface area contributed by atoms with Crippen LogP contribution in [0.2, 0.25) is 0 Å². The van der Waals surface area contributed by atoms with Gasteiger partial charge in [0.25, 0.3) is 0 Å². The maximum absolute atomic E-state index is 12.7. The molecule has 11 nitrogen and oxygen atoms in total. The van der Waals surface area contributed by atoms with Crippen molar-refractivity contribution in [3.05, 3.63) is 97.2 Å². The molecule has 0 saturated carbocycles. The molecule has 0 aromatic carbocycles. The van der Waals surface area contributed by atoms with Gasteiger partial charge in [-0.1, -0.05) is 143 Å². The van der Waals surface area contributed by atoms with Crippen LogP contribution in [0.4, 0.5) is 0 Å². The predicted molar refractivity (Wildman–Crippen MR) is 245 cm³/mol. The topological polar surface area (TPSA) is 149 Å².